The summed E-state index contributed by atoms with van der Waals surface area (Å²) >= 11 is 0. The number of nitrogens with zero attached hydrogens (tertiary/aromatic N) is 2. The molecule has 2 aromatic rings. The van der Waals surface area contributed by atoms with Crippen molar-refractivity contribution in [2.24, 2.45) is 0 Å². The van der Waals surface area contributed by atoms with Gasteiger partial charge in [-0.05, 0) is 31.0 Å². The monoisotopic (exact) mass is 392 g/mol. The first-order valence-corrected chi connectivity index (χ1v) is 8.59. The number of Topliss-reactive ketones (excluding diaryl/α,β-unsaturated/α-hetero) is 1. The van der Waals surface area contributed by atoms with Gasteiger partial charge in [-0.25, -0.2) is 4.98 Å². The van der Waals surface area contributed by atoms with E-state index < -0.39 is 17.9 Å². The van der Waals surface area contributed by atoms with Gasteiger partial charge < -0.3 is 15.0 Å². The maximum atomic E-state index is 13.3. The Labute approximate surface area is 159 Å². The second kappa shape index (κ2) is 7.14. The standard InChI is InChI=1S/C19H19F3N4O2/c1-10-7-14(17(23)19(20,21)22)16(15-9-25-18(11(2)27)26(10)15)24-8-12-3-5-13(28)6-4-12/h3-6,9-10,23-24,28H,7-8H2,1-2H3. The van der Waals surface area contributed by atoms with Crippen molar-refractivity contribution in [1.29, 1.82) is 5.41 Å². The number of halogens is 3. The predicted octanol–water partition coefficient (Wildman–Crippen LogP) is 3.84. The fraction of sp³-hybridized carbons (Fsp3) is 0.316. The van der Waals surface area contributed by atoms with Crippen LogP contribution in [0.5, 0.6) is 5.75 Å². The molecule has 6 nitrogen and oxygen atoms in total. The van der Waals surface area contributed by atoms with E-state index in [1.165, 1.54) is 25.3 Å². The Morgan fingerprint density at radius 2 is 2.00 bits per heavy atom. The molecular weight excluding hydrogens is 373 g/mol. The number of fused-ring (bicyclic) bond motifs is 1. The number of aromatic hydroxyl groups is 1. The van der Waals surface area contributed by atoms with E-state index in [9.17, 15) is 23.1 Å². The molecule has 0 aliphatic carbocycles. The van der Waals surface area contributed by atoms with Crippen LogP contribution in [0.2, 0.25) is 0 Å². The van der Waals surface area contributed by atoms with E-state index in [-0.39, 0.29) is 41.6 Å². The molecule has 1 atom stereocenters. The summed E-state index contributed by atoms with van der Waals surface area (Å²) in [6.07, 6.45) is -3.48. The summed E-state index contributed by atoms with van der Waals surface area (Å²) in [5.74, 6) is -0.0347. The summed E-state index contributed by atoms with van der Waals surface area (Å²) in [6, 6.07) is 5.78. The van der Waals surface area contributed by atoms with Crippen molar-refractivity contribution in [2.75, 3.05) is 0 Å². The van der Waals surface area contributed by atoms with Gasteiger partial charge in [0.2, 0.25) is 0 Å². The van der Waals surface area contributed by atoms with Crippen molar-refractivity contribution >= 4 is 17.2 Å². The molecule has 1 aliphatic heterocycles. The molecule has 1 aromatic carbocycles. The van der Waals surface area contributed by atoms with Crippen molar-refractivity contribution in [1.82, 2.24) is 14.9 Å². The zero-order valence-corrected chi connectivity index (χ0v) is 15.3. The minimum atomic E-state index is -4.79. The molecule has 0 radical (unpaired) electrons. The third kappa shape index (κ3) is 3.64. The predicted molar refractivity (Wildman–Crippen MR) is 97.2 cm³/mol. The average Bonchev–Trinajstić information content (AvgIpc) is 3.07. The number of carbonyl (C=O) groups excluding carboxylic acids is 1. The lowest BCUT2D eigenvalue weighted by molar-refractivity contribution is -0.0591. The molecule has 0 spiro atoms. The number of benzene rings is 1. The van der Waals surface area contributed by atoms with Crippen LogP contribution in [0.1, 0.15) is 48.2 Å². The van der Waals surface area contributed by atoms with Crippen molar-refractivity contribution in [3.8, 4) is 5.75 Å². The highest BCUT2D eigenvalue weighted by molar-refractivity contribution is 6.08. The molecule has 1 aliphatic rings. The van der Waals surface area contributed by atoms with E-state index in [1.807, 2.05) is 0 Å². The van der Waals surface area contributed by atoms with Crippen LogP contribution < -0.4 is 5.32 Å². The number of alkyl halides is 3. The summed E-state index contributed by atoms with van der Waals surface area (Å²) < 4.78 is 41.4. The SMILES string of the molecule is CC(=O)c1ncc2n1C(C)CC(C(=N)C(F)(F)F)=C2NCc1ccc(O)cc1. The fourth-order valence-corrected chi connectivity index (χ4v) is 3.30. The molecule has 0 saturated heterocycles. The number of nitrogens with one attached hydrogen (secondary N) is 2. The largest absolute Gasteiger partial charge is 0.508 e. The molecule has 1 unspecified atom stereocenters. The van der Waals surface area contributed by atoms with Crippen LogP contribution in [0.4, 0.5) is 13.2 Å². The molecule has 0 fully saturated rings. The normalized spacial score (nSPS) is 16.7. The first-order valence-electron chi connectivity index (χ1n) is 8.59. The summed E-state index contributed by atoms with van der Waals surface area (Å²) in [7, 11) is 0. The first-order chi connectivity index (χ1) is 13.1. The molecular formula is C19H19F3N4O2. The number of carbonyl (C=O) groups is 1. The number of ketones is 1. The highest BCUT2D eigenvalue weighted by Crippen LogP contribution is 2.37. The average molecular weight is 392 g/mol. The second-order valence-corrected chi connectivity index (χ2v) is 6.69. The molecule has 1 aromatic heterocycles. The second-order valence-electron chi connectivity index (χ2n) is 6.69. The van der Waals surface area contributed by atoms with Gasteiger partial charge >= 0.3 is 6.18 Å². The Balaban J connectivity index is 2.06. The molecule has 0 amide bonds. The van der Waals surface area contributed by atoms with E-state index in [4.69, 9.17) is 5.41 Å². The molecule has 3 N–H and O–H groups in total. The van der Waals surface area contributed by atoms with Crippen LogP contribution in [0.25, 0.3) is 5.70 Å². The molecule has 0 saturated carbocycles. The van der Waals surface area contributed by atoms with Gasteiger partial charge in [0.1, 0.15) is 11.5 Å². The lowest BCUT2D eigenvalue weighted by atomic mass is 9.94. The summed E-state index contributed by atoms with van der Waals surface area (Å²) in [5, 5.41) is 20.0. The van der Waals surface area contributed by atoms with Crippen molar-refractivity contribution in [3.63, 3.8) is 0 Å². The van der Waals surface area contributed by atoms with Gasteiger partial charge in [-0.2, -0.15) is 13.2 Å². The molecule has 0 bridgehead atoms. The number of hydrogen-bond donors (Lipinski definition) is 3. The van der Waals surface area contributed by atoms with E-state index in [2.05, 4.69) is 10.3 Å². The molecule has 9 heteroatoms. The highest BCUT2D eigenvalue weighted by Gasteiger charge is 2.41. The van der Waals surface area contributed by atoms with E-state index in [0.29, 0.717) is 5.69 Å². The number of imidazole rings is 1. The van der Waals surface area contributed by atoms with E-state index >= 15 is 0 Å². The topological polar surface area (TPSA) is 91.0 Å². The van der Waals surface area contributed by atoms with E-state index in [1.54, 1.807) is 23.6 Å². The quantitative estimate of drug-likeness (QED) is 0.533. The summed E-state index contributed by atoms with van der Waals surface area (Å²) in [5.41, 5.74) is -0.370. The molecule has 28 heavy (non-hydrogen) atoms. The van der Waals surface area contributed by atoms with Gasteiger partial charge in [0.05, 0.1) is 17.6 Å². The van der Waals surface area contributed by atoms with Crippen LogP contribution in [0.3, 0.4) is 0 Å². The van der Waals surface area contributed by atoms with Crippen molar-refractivity contribution < 1.29 is 23.1 Å². The third-order valence-electron chi connectivity index (χ3n) is 4.60. The Morgan fingerprint density at radius 3 is 2.57 bits per heavy atom. The summed E-state index contributed by atoms with van der Waals surface area (Å²) in [6.45, 7) is 3.22. The van der Waals surface area contributed by atoms with Crippen LogP contribution in [0, 0.1) is 5.41 Å². The van der Waals surface area contributed by atoms with Gasteiger partial charge in [-0.15, -0.1) is 0 Å². The Kier molecular flexibility index (Phi) is 5.01. The zero-order valence-electron chi connectivity index (χ0n) is 15.3. The van der Waals surface area contributed by atoms with Gasteiger partial charge in [0, 0.05) is 25.1 Å². The summed E-state index contributed by atoms with van der Waals surface area (Å²) in [4.78, 5) is 15.9. The number of allylic oxidation sites excluding steroid dienone is 1. The van der Waals surface area contributed by atoms with E-state index in [0.717, 1.165) is 5.56 Å². The fourth-order valence-electron chi connectivity index (χ4n) is 3.30. The minimum absolute atomic E-state index is 0.0557. The zero-order chi connectivity index (χ0) is 20.6. The lowest BCUT2D eigenvalue weighted by Crippen LogP contribution is -2.32. The maximum absolute atomic E-state index is 13.3. The number of rotatable bonds is 5. The number of hydrogen-bond acceptors (Lipinski definition) is 5. The molecule has 2 heterocycles. The Bertz CT molecular complexity index is 959. The highest BCUT2D eigenvalue weighted by atomic mass is 19.4. The van der Waals surface area contributed by atoms with Gasteiger partial charge in [0.15, 0.2) is 11.6 Å². The van der Waals surface area contributed by atoms with Crippen LogP contribution in [-0.2, 0) is 6.54 Å². The number of aromatic nitrogens is 2. The van der Waals surface area contributed by atoms with Crippen LogP contribution in [0.15, 0.2) is 36.0 Å². The maximum Gasteiger partial charge on any atom is 0.433 e. The number of phenols is 1. The van der Waals surface area contributed by atoms with Gasteiger partial charge in [-0.1, -0.05) is 12.1 Å². The van der Waals surface area contributed by atoms with Gasteiger partial charge in [0.25, 0.3) is 0 Å². The molecule has 3 rings (SSSR count). The minimum Gasteiger partial charge on any atom is -0.508 e. The first kappa shape index (κ1) is 19.7. The van der Waals surface area contributed by atoms with Crippen LogP contribution in [-0.4, -0.2) is 32.3 Å². The van der Waals surface area contributed by atoms with Crippen molar-refractivity contribution in [3.05, 3.63) is 53.1 Å². The smallest absolute Gasteiger partial charge is 0.433 e. The van der Waals surface area contributed by atoms with Crippen molar-refractivity contribution in [2.45, 2.75) is 39.0 Å². The number of phenolic OH excluding ortho intramolecular Hbond substituents is 1. The van der Waals surface area contributed by atoms with Gasteiger partial charge in [-0.3, -0.25) is 10.2 Å². The van der Waals surface area contributed by atoms with Crippen LogP contribution >= 0.6 is 0 Å². The Hall–Kier alpha value is -3.10. The Morgan fingerprint density at radius 1 is 1.36 bits per heavy atom. The lowest BCUT2D eigenvalue weighted by Gasteiger charge is -2.30. The third-order valence-corrected chi connectivity index (χ3v) is 4.60. The molecule has 148 valence electrons.